The van der Waals surface area contributed by atoms with Gasteiger partial charge < -0.3 is 14.8 Å². The van der Waals surface area contributed by atoms with Crippen molar-refractivity contribution in [1.82, 2.24) is 4.90 Å². The Balaban J connectivity index is 1.73. The number of carbonyl (C=O) groups excluding carboxylic acids is 2. The fraction of sp³-hybridized carbons (Fsp3) is 0.158. The lowest BCUT2D eigenvalue weighted by Gasteiger charge is -2.16. The SMILES string of the molecule is COc1cccc(/C=C2/SC(=O)N(CNc3ccccc3OC)C2=O)c1. The number of amides is 2. The molecule has 134 valence electrons. The fourth-order valence-electron chi connectivity index (χ4n) is 2.47. The van der Waals surface area contributed by atoms with Crippen molar-refractivity contribution in [2.24, 2.45) is 0 Å². The molecule has 7 heteroatoms. The summed E-state index contributed by atoms with van der Waals surface area (Å²) in [5.41, 5.74) is 1.51. The molecule has 1 saturated heterocycles. The second-order valence-electron chi connectivity index (χ2n) is 5.42. The highest BCUT2D eigenvalue weighted by atomic mass is 32.2. The molecule has 6 nitrogen and oxygen atoms in total. The number of hydrogen-bond donors (Lipinski definition) is 1. The average molecular weight is 370 g/mol. The highest BCUT2D eigenvalue weighted by molar-refractivity contribution is 8.18. The molecule has 1 N–H and O–H groups in total. The molecule has 0 aromatic heterocycles. The molecule has 0 spiro atoms. The van der Waals surface area contributed by atoms with E-state index in [1.54, 1.807) is 32.4 Å². The molecule has 0 unspecified atom stereocenters. The van der Waals surface area contributed by atoms with Crippen LogP contribution in [0.25, 0.3) is 6.08 Å². The van der Waals surface area contributed by atoms with E-state index in [4.69, 9.17) is 9.47 Å². The van der Waals surface area contributed by atoms with Crippen molar-refractivity contribution >= 4 is 34.7 Å². The van der Waals surface area contributed by atoms with Crippen LogP contribution in [-0.2, 0) is 4.79 Å². The normalized spacial score (nSPS) is 15.5. The van der Waals surface area contributed by atoms with Crippen molar-refractivity contribution < 1.29 is 19.1 Å². The van der Waals surface area contributed by atoms with Gasteiger partial charge in [0.1, 0.15) is 11.5 Å². The van der Waals surface area contributed by atoms with Gasteiger partial charge in [0.2, 0.25) is 0 Å². The largest absolute Gasteiger partial charge is 0.497 e. The number of nitrogens with zero attached hydrogens (tertiary/aromatic N) is 1. The molecule has 26 heavy (non-hydrogen) atoms. The smallest absolute Gasteiger partial charge is 0.295 e. The van der Waals surface area contributed by atoms with E-state index in [0.717, 1.165) is 17.3 Å². The summed E-state index contributed by atoms with van der Waals surface area (Å²) in [6, 6.07) is 14.6. The molecule has 1 heterocycles. The second-order valence-corrected chi connectivity index (χ2v) is 6.41. The van der Waals surface area contributed by atoms with Gasteiger partial charge in [-0.1, -0.05) is 24.3 Å². The molecule has 3 rings (SSSR count). The van der Waals surface area contributed by atoms with E-state index < -0.39 is 0 Å². The summed E-state index contributed by atoms with van der Waals surface area (Å²) in [5, 5.41) is 2.75. The van der Waals surface area contributed by atoms with Crippen LogP contribution in [0, 0.1) is 0 Å². The highest BCUT2D eigenvalue weighted by Gasteiger charge is 2.34. The summed E-state index contributed by atoms with van der Waals surface area (Å²) in [6.07, 6.45) is 1.69. The molecule has 0 bridgehead atoms. The van der Waals surface area contributed by atoms with E-state index in [2.05, 4.69) is 5.32 Å². The number of rotatable bonds is 6. The number of hydrogen-bond acceptors (Lipinski definition) is 6. The highest BCUT2D eigenvalue weighted by Crippen LogP contribution is 2.33. The van der Waals surface area contributed by atoms with Crippen LogP contribution in [-0.4, -0.2) is 36.9 Å². The number of para-hydroxylation sites is 2. The molecular weight excluding hydrogens is 352 g/mol. The van der Waals surface area contributed by atoms with Crippen LogP contribution in [0.5, 0.6) is 11.5 Å². The Morgan fingerprint density at radius 3 is 2.65 bits per heavy atom. The summed E-state index contributed by atoms with van der Waals surface area (Å²) < 4.78 is 10.4. The molecule has 2 aromatic rings. The molecule has 1 aliphatic heterocycles. The van der Waals surface area contributed by atoms with Gasteiger partial charge in [-0.15, -0.1) is 0 Å². The van der Waals surface area contributed by atoms with Crippen LogP contribution in [0.1, 0.15) is 5.56 Å². The molecular formula is C19H18N2O4S. The Hall–Kier alpha value is -2.93. The zero-order valence-corrected chi connectivity index (χ0v) is 15.2. The molecule has 1 fully saturated rings. The van der Waals surface area contributed by atoms with E-state index in [1.807, 2.05) is 36.4 Å². The van der Waals surface area contributed by atoms with Crippen molar-refractivity contribution in [3.63, 3.8) is 0 Å². The van der Waals surface area contributed by atoms with Crippen LogP contribution < -0.4 is 14.8 Å². The van der Waals surface area contributed by atoms with E-state index in [-0.39, 0.29) is 17.8 Å². The predicted octanol–water partition coefficient (Wildman–Crippen LogP) is 3.81. The Morgan fingerprint density at radius 1 is 1.08 bits per heavy atom. The first-order valence-corrected chi connectivity index (χ1v) is 8.70. The summed E-state index contributed by atoms with van der Waals surface area (Å²) in [6.45, 7) is 0.0699. The third kappa shape index (κ3) is 3.83. The maximum Gasteiger partial charge on any atom is 0.295 e. The zero-order chi connectivity index (χ0) is 18.5. The van der Waals surface area contributed by atoms with E-state index in [9.17, 15) is 9.59 Å². The molecule has 1 aliphatic rings. The van der Waals surface area contributed by atoms with Gasteiger partial charge in [-0.05, 0) is 47.7 Å². The summed E-state index contributed by atoms with van der Waals surface area (Å²) >= 11 is 0.922. The number of methoxy groups -OCH3 is 2. The fourth-order valence-corrected chi connectivity index (χ4v) is 3.31. The van der Waals surface area contributed by atoms with Gasteiger partial charge in [-0.2, -0.15) is 0 Å². The number of ether oxygens (including phenoxy) is 2. The van der Waals surface area contributed by atoms with E-state index in [0.29, 0.717) is 22.1 Å². The number of carbonyl (C=O) groups is 2. The maximum absolute atomic E-state index is 12.6. The molecule has 0 saturated carbocycles. The van der Waals surface area contributed by atoms with Crippen LogP contribution in [0.15, 0.2) is 53.4 Å². The third-order valence-electron chi connectivity index (χ3n) is 3.80. The molecule has 2 aromatic carbocycles. The number of thioether (sulfide) groups is 1. The van der Waals surface area contributed by atoms with Crippen LogP contribution >= 0.6 is 11.8 Å². The maximum atomic E-state index is 12.6. The van der Waals surface area contributed by atoms with Crippen LogP contribution in [0.3, 0.4) is 0 Å². The van der Waals surface area contributed by atoms with Gasteiger partial charge in [-0.25, -0.2) is 0 Å². The topological polar surface area (TPSA) is 67.9 Å². The minimum Gasteiger partial charge on any atom is -0.497 e. The quantitative estimate of drug-likeness (QED) is 0.780. The van der Waals surface area contributed by atoms with Gasteiger partial charge >= 0.3 is 0 Å². The third-order valence-corrected chi connectivity index (χ3v) is 4.71. The first-order chi connectivity index (χ1) is 12.6. The van der Waals surface area contributed by atoms with Crippen LogP contribution in [0.2, 0.25) is 0 Å². The van der Waals surface area contributed by atoms with Crippen LogP contribution in [0.4, 0.5) is 10.5 Å². The van der Waals surface area contributed by atoms with Crippen molar-refractivity contribution in [3.8, 4) is 11.5 Å². The van der Waals surface area contributed by atoms with Crippen molar-refractivity contribution in [3.05, 3.63) is 59.0 Å². The summed E-state index contributed by atoms with van der Waals surface area (Å²) in [7, 11) is 3.15. The Morgan fingerprint density at radius 2 is 1.88 bits per heavy atom. The molecule has 2 amide bonds. The van der Waals surface area contributed by atoms with Gasteiger partial charge in [-0.3, -0.25) is 14.5 Å². The lowest BCUT2D eigenvalue weighted by molar-refractivity contribution is -0.122. The van der Waals surface area contributed by atoms with Crippen molar-refractivity contribution in [2.45, 2.75) is 0 Å². The average Bonchev–Trinajstić information content (AvgIpc) is 2.93. The lowest BCUT2D eigenvalue weighted by Crippen LogP contribution is -2.33. The Bertz CT molecular complexity index is 866. The second kappa shape index (κ2) is 7.97. The minimum absolute atomic E-state index is 0.0699. The molecule has 0 atom stereocenters. The zero-order valence-electron chi connectivity index (χ0n) is 14.4. The molecule has 0 aliphatic carbocycles. The summed E-state index contributed by atoms with van der Waals surface area (Å²) in [5.74, 6) is 1.01. The summed E-state index contributed by atoms with van der Waals surface area (Å²) in [4.78, 5) is 26.3. The van der Waals surface area contributed by atoms with Crippen molar-refractivity contribution in [1.29, 1.82) is 0 Å². The first-order valence-electron chi connectivity index (χ1n) is 7.88. The number of imide groups is 1. The standard InChI is InChI=1S/C19H18N2O4S/c1-24-14-7-5-6-13(10-14)11-17-18(22)21(19(23)26-17)12-20-15-8-3-4-9-16(15)25-2/h3-11,20H,12H2,1-2H3/b17-11+. The number of nitrogens with one attached hydrogen (secondary N) is 1. The number of benzene rings is 2. The molecule has 0 radical (unpaired) electrons. The van der Waals surface area contributed by atoms with Crippen molar-refractivity contribution in [2.75, 3.05) is 26.2 Å². The monoisotopic (exact) mass is 370 g/mol. The Labute approximate surface area is 155 Å². The predicted molar refractivity (Wildman–Crippen MR) is 102 cm³/mol. The minimum atomic E-state index is -0.329. The van der Waals surface area contributed by atoms with Gasteiger partial charge in [0.15, 0.2) is 0 Å². The first kappa shape index (κ1) is 17.9. The van der Waals surface area contributed by atoms with Gasteiger partial charge in [0.05, 0.1) is 31.5 Å². The van der Waals surface area contributed by atoms with E-state index >= 15 is 0 Å². The van der Waals surface area contributed by atoms with Gasteiger partial charge in [0.25, 0.3) is 11.1 Å². The Kier molecular flexibility index (Phi) is 5.48. The number of anilines is 1. The lowest BCUT2D eigenvalue weighted by atomic mass is 10.2. The van der Waals surface area contributed by atoms with E-state index in [1.165, 1.54) is 4.90 Å². The van der Waals surface area contributed by atoms with Gasteiger partial charge in [0, 0.05) is 0 Å².